The predicted molar refractivity (Wildman–Crippen MR) is 111 cm³/mol. The predicted octanol–water partition coefficient (Wildman–Crippen LogP) is 4.44. The van der Waals surface area contributed by atoms with Crippen molar-refractivity contribution in [1.82, 2.24) is 14.5 Å². The molecule has 0 amide bonds. The molecule has 0 fully saturated rings. The Bertz CT molecular complexity index is 1260. The van der Waals surface area contributed by atoms with Gasteiger partial charge in [0.05, 0.1) is 22.4 Å². The molecule has 4 rings (SSSR count). The Hall–Kier alpha value is -2.55. The molecule has 0 bridgehead atoms. The molecule has 3 aromatic heterocycles. The third-order valence-corrected chi connectivity index (χ3v) is 6.64. The fourth-order valence-corrected chi connectivity index (χ4v) is 4.90. The third-order valence-electron chi connectivity index (χ3n) is 4.20. The molecule has 0 aliphatic heterocycles. The number of halogens is 1. The molecule has 6 nitrogen and oxygen atoms in total. The van der Waals surface area contributed by atoms with Crippen LogP contribution in [0.2, 0.25) is 5.02 Å². The standard InChI is InChI=1S/C19H14ClN3O3S2/c1-10-14-17(21-9-23(2)18(14)24)28-15(10)19(25)26-7-11-8-27-16(22-11)12-5-3-4-6-13(12)20/h3-6,8-9H,7H2,1-2H3. The van der Waals surface area contributed by atoms with Gasteiger partial charge in [-0.3, -0.25) is 4.79 Å². The molecule has 4 aromatic rings. The molecule has 0 unspecified atom stereocenters. The molecule has 1 aromatic carbocycles. The molecule has 0 aliphatic rings. The zero-order chi connectivity index (χ0) is 19.8. The molecule has 142 valence electrons. The second-order valence-electron chi connectivity index (χ2n) is 6.10. The first kappa shape index (κ1) is 18.8. The Morgan fingerprint density at radius 1 is 1.32 bits per heavy atom. The van der Waals surface area contributed by atoms with Gasteiger partial charge in [0, 0.05) is 18.0 Å². The van der Waals surface area contributed by atoms with Gasteiger partial charge in [0.2, 0.25) is 0 Å². The minimum Gasteiger partial charge on any atom is -0.455 e. The summed E-state index contributed by atoms with van der Waals surface area (Å²) in [5, 5.41) is 3.68. The van der Waals surface area contributed by atoms with Gasteiger partial charge in [0.1, 0.15) is 21.3 Å². The van der Waals surface area contributed by atoms with E-state index in [0.717, 1.165) is 21.9 Å². The molecule has 0 N–H and O–H groups in total. The summed E-state index contributed by atoms with van der Waals surface area (Å²) in [7, 11) is 1.63. The zero-order valence-corrected chi connectivity index (χ0v) is 17.3. The Balaban J connectivity index is 1.54. The molecule has 0 atom stereocenters. The van der Waals surface area contributed by atoms with Gasteiger partial charge in [-0.1, -0.05) is 29.8 Å². The quantitative estimate of drug-likeness (QED) is 0.446. The van der Waals surface area contributed by atoms with Crippen LogP contribution in [0.5, 0.6) is 0 Å². The lowest BCUT2D eigenvalue weighted by atomic mass is 10.2. The Morgan fingerprint density at radius 2 is 2.11 bits per heavy atom. The first-order chi connectivity index (χ1) is 13.5. The van der Waals surface area contributed by atoms with E-state index in [0.29, 0.717) is 31.4 Å². The smallest absolute Gasteiger partial charge is 0.349 e. The molecule has 0 saturated carbocycles. The van der Waals surface area contributed by atoms with Gasteiger partial charge in [0.15, 0.2) is 0 Å². The van der Waals surface area contributed by atoms with Crippen LogP contribution in [0.1, 0.15) is 20.9 Å². The Morgan fingerprint density at radius 3 is 2.89 bits per heavy atom. The van der Waals surface area contributed by atoms with E-state index < -0.39 is 5.97 Å². The van der Waals surface area contributed by atoms with Gasteiger partial charge >= 0.3 is 5.97 Å². The lowest BCUT2D eigenvalue weighted by Crippen LogP contribution is -2.16. The Labute approximate surface area is 173 Å². The molecule has 3 heterocycles. The monoisotopic (exact) mass is 431 g/mol. The minimum atomic E-state index is -0.491. The van der Waals surface area contributed by atoms with E-state index in [1.165, 1.54) is 22.2 Å². The summed E-state index contributed by atoms with van der Waals surface area (Å²) in [6, 6.07) is 7.45. The number of hydrogen-bond donors (Lipinski definition) is 0. The molecule has 0 radical (unpaired) electrons. The summed E-state index contributed by atoms with van der Waals surface area (Å²) in [5.41, 5.74) is 1.89. The van der Waals surface area contributed by atoms with Crippen molar-refractivity contribution < 1.29 is 9.53 Å². The van der Waals surface area contributed by atoms with Crippen molar-refractivity contribution in [3.05, 3.63) is 67.5 Å². The molecular formula is C19H14ClN3O3S2. The van der Waals surface area contributed by atoms with Gasteiger partial charge < -0.3 is 9.30 Å². The van der Waals surface area contributed by atoms with E-state index in [1.54, 1.807) is 20.0 Å². The maximum atomic E-state index is 12.5. The normalized spacial score (nSPS) is 11.1. The number of carbonyl (C=O) groups excluding carboxylic acids is 1. The number of thiophene rings is 1. The molecule has 9 heteroatoms. The summed E-state index contributed by atoms with van der Waals surface area (Å²) in [6.07, 6.45) is 1.45. The van der Waals surface area contributed by atoms with E-state index in [4.69, 9.17) is 16.3 Å². The van der Waals surface area contributed by atoms with E-state index in [-0.39, 0.29) is 12.2 Å². The van der Waals surface area contributed by atoms with Gasteiger partial charge in [-0.25, -0.2) is 14.8 Å². The van der Waals surface area contributed by atoms with Crippen molar-refractivity contribution in [2.24, 2.45) is 7.05 Å². The van der Waals surface area contributed by atoms with Crippen LogP contribution in [-0.2, 0) is 18.4 Å². The van der Waals surface area contributed by atoms with E-state index in [1.807, 2.05) is 23.6 Å². The topological polar surface area (TPSA) is 74.1 Å². The largest absolute Gasteiger partial charge is 0.455 e. The van der Waals surface area contributed by atoms with Gasteiger partial charge in [-0.05, 0) is 18.6 Å². The van der Waals surface area contributed by atoms with E-state index in [9.17, 15) is 9.59 Å². The number of rotatable bonds is 4. The summed E-state index contributed by atoms with van der Waals surface area (Å²) >= 11 is 8.80. The number of aryl methyl sites for hydroxylation is 2. The number of hydrogen-bond acceptors (Lipinski definition) is 7. The highest BCUT2D eigenvalue weighted by Gasteiger charge is 2.20. The summed E-state index contributed by atoms with van der Waals surface area (Å²) in [4.78, 5) is 34.5. The lowest BCUT2D eigenvalue weighted by Gasteiger charge is -2.02. The van der Waals surface area contributed by atoms with E-state index >= 15 is 0 Å². The molecule has 28 heavy (non-hydrogen) atoms. The first-order valence-electron chi connectivity index (χ1n) is 8.27. The Kier molecular flexibility index (Phi) is 5.01. The van der Waals surface area contributed by atoms with Crippen LogP contribution >= 0.6 is 34.3 Å². The average molecular weight is 432 g/mol. The van der Waals surface area contributed by atoms with Crippen LogP contribution in [0.25, 0.3) is 20.8 Å². The summed E-state index contributed by atoms with van der Waals surface area (Å²) in [6.45, 7) is 1.77. The fourth-order valence-electron chi connectivity index (χ4n) is 2.74. The van der Waals surface area contributed by atoms with Crippen molar-refractivity contribution in [1.29, 1.82) is 0 Å². The van der Waals surface area contributed by atoms with Crippen molar-refractivity contribution >= 4 is 50.5 Å². The van der Waals surface area contributed by atoms with Crippen LogP contribution in [0.3, 0.4) is 0 Å². The SMILES string of the molecule is Cc1c(C(=O)OCc2csc(-c3ccccc3Cl)n2)sc2ncn(C)c(=O)c12. The second kappa shape index (κ2) is 7.46. The van der Waals surface area contributed by atoms with Crippen molar-refractivity contribution in [2.75, 3.05) is 0 Å². The highest BCUT2D eigenvalue weighted by molar-refractivity contribution is 7.20. The molecule has 0 aliphatic carbocycles. The van der Waals surface area contributed by atoms with Gasteiger partial charge in [-0.2, -0.15) is 0 Å². The molecule has 0 saturated heterocycles. The highest BCUT2D eigenvalue weighted by Crippen LogP contribution is 2.31. The third kappa shape index (κ3) is 3.34. The number of nitrogens with zero attached hydrogens (tertiary/aromatic N) is 3. The second-order valence-corrected chi connectivity index (χ2v) is 8.36. The number of fused-ring (bicyclic) bond motifs is 1. The van der Waals surface area contributed by atoms with Crippen molar-refractivity contribution in [3.63, 3.8) is 0 Å². The first-order valence-corrected chi connectivity index (χ1v) is 10.3. The molecular weight excluding hydrogens is 418 g/mol. The van der Waals surface area contributed by atoms with Crippen LogP contribution in [0.4, 0.5) is 0 Å². The van der Waals surface area contributed by atoms with Crippen LogP contribution < -0.4 is 5.56 Å². The maximum Gasteiger partial charge on any atom is 0.349 e. The minimum absolute atomic E-state index is 0.0406. The highest BCUT2D eigenvalue weighted by atomic mass is 35.5. The van der Waals surface area contributed by atoms with E-state index in [2.05, 4.69) is 9.97 Å². The molecule has 0 spiro atoms. The van der Waals surface area contributed by atoms with Crippen molar-refractivity contribution in [3.8, 4) is 10.6 Å². The van der Waals surface area contributed by atoms with Crippen molar-refractivity contribution in [2.45, 2.75) is 13.5 Å². The number of aromatic nitrogens is 3. The summed E-state index contributed by atoms with van der Waals surface area (Å²) < 4.78 is 6.81. The van der Waals surface area contributed by atoms with Gasteiger partial charge in [-0.15, -0.1) is 22.7 Å². The number of thiazole rings is 1. The fraction of sp³-hybridized carbons (Fsp3) is 0.158. The zero-order valence-electron chi connectivity index (χ0n) is 14.9. The lowest BCUT2D eigenvalue weighted by molar-refractivity contribution is 0.0473. The average Bonchev–Trinajstić information content (AvgIpc) is 3.28. The summed E-state index contributed by atoms with van der Waals surface area (Å²) in [5.74, 6) is -0.491. The van der Waals surface area contributed by atoms with Crippen LogP contribution in [0, 0.1) is 6.92 Å². The van der Waals surface area contributed by atoms with Crippen LogP contribution in [-0.4, -0.2) is 20.5 Å². The number of ether oxygens (including phenoxy) is 1. The number of benzene rings is 1. The van der Waals surface area contributed by atoms with Crippen LogP contribution in [0.15, 0.2) is 40.8 Å². The van der Waals surface area contributed by atoms with Gasteiger partial charge in [0.25, 0.3) is 5.56 Å². The maximum absolute atomic E-state index is 12.5. The number of carbonyl (C=O) groups is 1. The number of esters is 1.